The molecule has 0 fully saturated rings. The van der Waals surface area contributed by atoms with Gasteiger partial charge in [-0.15, -0.1) is 0 Å². The molecule has 1 rings (SSSR count). The molecule has 7 heteroatoms. The average Bonchev–Trinajstić information content (AvgIpc) is 2.20. The van der Waals surface area contributed by atoms with E-state index in [1.807, 2.05) is 0 Å². The molecular formula is C9H6ClF3O3. The summed E-state index contributed by atoms with van der Waals surface area (Å²) >= 11 is 5.42. The van der Waals surface area contributed by atoms with Gasteiger partial charge in [-0.2, -0.15) is 8.78 Å². The molecule has 2 N–H and O–H groups in total. The van der Waals surface area contributed by atoms with Crippen molar-refractivity contribution in [3.8, 4) is 0 Å². The second-order valence-electron chi connectivity index (χ2n) is 3.00. The SMILES string of the molecule is O=C(O)C(F)(F)C(O)c1cc(Cl)ccc1F. The number of hydrogen-bond donors (Lipinski definition) is 2. The minimum atomic E-state index is -4.48. The van der Waals surface area contributed by atoms with Crippen LogP contribution in [0.25, 0.3) is 0 Å². The molecule has 0 saturated heterocycles. The Balaban J connectivity index is 3.19. The summed E-state index contributed by atoms with van der Waals surface area (Å²) in [7, 11) is 0. The number of aliphatic hydroxyl groups excluding tert-OH is 1. The van der Waals surface area contributed by atoms with Gasteiger partial charge in [-0.05, 0) is 18.2 Å². The molecule has 0 aliphatic heterocycles. The Morgan fingerprint density at radius 1 is 1.44 bits per heavy atom. The number of hydrogen-bond acceptors (Lipinski definition) is 2. The van der Waals surface area contributed by atoms with Crippen molar-refractivity contribution in [1.29, 1.82) is 0 Å². The second kappa shape index (κ2) is 4.31. The molecule has 0 aliphatic carbocycles. The number of carbonyl (C=O) groups is 1. The minimum Gasteiger partial charge on any atom is -0.477 e. The van der Waals surface area contributed by atoms with Crippen molar-refractivity contribution >= 4 is 17.6 Å². The second-order valence-corrected chi connectivity index (χ2v) is 3.43. The standard InChI is InChI=1S/C9H6ClF3O3/c10-4-1-2-6(11)5(3-4)7(14)9(12,13)8(15)16/h1-3,7,14H,(H,15,16). The first-order valence-electron chi connectivity index (χ1n) is 4.01. The molecule has 1 unspecified atom stereocenters. The summed E-state index contributed by atoms with van der Waals surface area (Å²) in [6.07, 6.45) is -2.79. The van der Waals surface area contributed by atoms with Crippen LogP contribution in [0.2, 0.25) is 5.02 Å². The molecule has 0 amide bonds. The fraction of sp³-hybridized carbons (Fsp3) is 0.222. The van der Waals surface area contributed by atoms with E-state index in [0.29, 0.717) is 0 Å². The third kappa shape index (κ3) is 2.28. The van der Waals surface area contributed by atoms with Gasteiger partial charge < -0.3 is 10.2 Å². The number of halogens is 4. The van der Waals surface area contributed by atoms with Gasteiger partial charge in [-0.1, -0.05) is 11.6 Å². The normalized spacial score (nSPS) is 13.6. The van der Waals surface area contributed by atoms with E-state index in [-0.39, 0.29) is 5.02 Å². The molecule has 0 saturated carbocycles. The van der Waals surface area contributed by atoms with Gasteiger partial charge in [-0.3, -0.25) is 0 Å². The highest BCUT2D eigenvalue weighted by atomic mass is 35.5. The van der Waals surface area contributed by atoms with E-state index in [2.05, 4.69) is 0 Å². The molecule has 1 atom stereocenters. The summed E-state index contributed by atoms with van der Waals surface area (Å²) in [5.41, 5.74) is -0.861. The Kier molecular flexibility index (Phi) is 3.44. The number of aliphatic carboxylic acids is 1. The topological polar surface area (TPSA) is 57.5 Å². The zero-order chi connectivity index (χ0) is 12.5. The van der Waals surface area contributed by atoms with Gasteiger partial charge in [0.25, 0.3) is 0 Å². The highest BCUT2D eigenvalue weighted by molar-refractivity contribution is 6.30. The van der Waals surface area contributed by atoms with Crippen molar-refractivity contribution in [2.45, 2.75) is 12.0 Å². The van der Waals surface area contributed by atoms with Crippen LogP contribution in [0.15, 0.2) is 18.2 Å². The van der Waals surface area contributed by atoms with Crippen LogP contribution in [0.5, 0.6) is 0 Å². The molecule has 0 aliphatic rings. The van der Waals surface area contributed by atoms with Crippen molar-refractivity contribution in [3.05, 3.63) is 34.6 Å². The van der Waals surface area contributed by atoms with Crippen LogP contribution < -0.4 is 0 Å². The maximum Gasteiger partial charge on any atom is 0.377 e. The van der Waals surface area contributed by atoms with E-state index >= 15 is 0 Å². The number of carboxylic acids is 1. The minimum absolute atomic E-state index is 0.0864. The summed E-state index contributed by atoms with van der Waals surface area (Å²) in [5.74, 6) is -8.18. The molecule has 88 valence electrons. The summed E-state index contributed by atoms with van der Waals surface area (Å²) in [4.78, 5) is 10.2. The van der Waals surface area contributed by atoms with Crippen LogP contribution in [0, 0.1) is 5.82 Å². The van der Waals surface area contributed by atoms with Crippen molar-refractivity contribution in [3.63, 3.8) is 0 Å². The lowest BCUT2D eigenvalue weighted by Gasteiger charge is -2.19. The molecule has 0 radical (unpaired) electrons. The quantitative estimate of drug-likeness (QED) is 0.870. The monoisotopic (exact) mass is 254 g/mol. The molecule has 0 spiro atoms. The Morgan fingerprint density at radius 3 is 2.50 bits per heavy atom. The fourth-order valence-corrected chi connectivity index (χ4v) is 1.22. The predicted octanol–water partition coefficient (Wildman–Crippen LogP) is 2.23. The number of rotatable bonds is 3. The van der Waals surface area contributed by atoms with Crippen LogP contribution >= 0.6 is 11.6 Å². The smallest absolute Gasteiger partial charge is 0.377 e. The Labute approximate surface area is 93.1 Å². The number of benzene rings is 1. The van der Waals surface area contributed by atoms with Gasteiger partial charge in [-0.25, -0.2) is 9.18 Å². The summed E-state index contributed by atoms with van der Waals surface area (Å²) in [6, 6.07) is 2.60. The molecular weight excluding hydrogens is 249 g/mol. The van der Waals surface area contributed by atoms with Gasteiger partial charge in [0, 0.05) is 10.6 Å². The largest absolute Gasteiger partial charge is 0.477 e. The van der Waals surface area contributed by atoms with Crippen LogP contribution in [0.4, 0.5) is 13.2 Å². The summed E-state index contributed by atoms with van der Waals surface area (Å²) < 4.78 is 38.8. The van der Waals surface area contributed by atoms with Gasteiger partial charge in [0.2, 0.25) is 0 Å². The Bertz CT molecular complexity index is 422. The lowest BCUT2D eigenvalue weighted by atomic mass is 10.0. The Morgan fingerprint density at radius 2 is 2.00 bits per heavy atom. The highest BCUT2D eigenvalue weighted by Crippen LogP contribution is 2.33. The van der Waals surface area contributed by atoms with Gasteiger partial charge in [0.05, 0.1) is 0 Å². The number of carboxylic acid groups (broad SMARTS) is 1. The van der Waals surface area contributed by atoms with E-state index < -0.39 is 29.4 Å². The molecule has 3 nitrogen and oxygen atoms in total. The fourth-order valence-electron chi connectivity index (χ4n) is 1.04. The number of aliphatic hydroxyl groups is 1. The molecule has 1 aromatic carbocycles. The van der Waals surface area contributed by atoms with E-state index in [0.717, 1.165) is 18.2 Å². The first kappa shape index (κ1) is 12.8. The first-order chi connectivity index (χ1) is 7.26. The van der Waals surface area contributed by atoms with Gasteiger partial charge in [0.15, 0.2) is 6.10 Å². The van der Waals surface area contributed by atoms with E-state index in [9.17, 15) is 18.0 Å². The third-order valence-electron chi connectivity index (χ3n) is 1.88. The summed E-state index contributed by atoms with van der Waals surface area (Å²) in [5, 5.41) is 17.2. The number of alkyl halides is 2. The maximum atomic E-state index is 13.1. The maximum absolute atomic E-state index is 13.1. The lowest BCUT2D eigenvalue weighted by molar-refractivity contribution is -0.183. The van der Waals surface area contributed by atoms with E-state index in [4.69, 9.17) is 21.8 Å². The first-order valence-corrected chi connectivity index (χ1v) is 4.39. The zero-order valence-corrected chi connectivity index (χ0v) is 8.38. The van der Waals surface area contributed by atoms with Crippen LogP contribution in [-0.4, -0.2) is 22.1 Å². The van der Waals surface area contributed by atoms with Crippen LogP contribution in [-0.2, 0) is 4.79 Å². The molecule has 1 aromatic rings. The average molecular weight is 255 g/mol. The highest BCUT2D eigenvalue weighted by Gasteiger charge is 2.48. The molecule has 16 heavy (non-hydrogen) atoms. The van der Waals surface area contributed by atoms with Crippen molar-refractivity contribution < 1.29 is 28.2 Å². The molecule has 0 heterocycles. The predicted molar refractivity (Wildman–Crippen MR) is 49.0 cm³/mol. The van der Waals surface area contributed by atoms with Gasteiger partial charge >= 0.3 is 11.9 Å². The van der Waals surface area contributed by atoms with Gasteiger partial charge in [0.1, 0.15) is 5.82 Å². The van der Waals surface area contributed by atoms with Crippen molar-refractivity contribution in [1.82, 2.24) is 0 Å². The van der Waals surface area contributed by atoms with Crippen LogP contribution in [0.1, 0.15) is 11.7 Å². The van der Waals surface area contributed by atoms with Crippen LogP contribution in [0.3, 0.4) is 0 Å². The Hall–Kier alpha value is -1.27. The van der Waals surface area contributed by atoms with Crippen molar-refractivity contribution in [2.75, 3.05) is 0 Å². The van der Waals surface area contributed by atoms with E-state index in [1.54, 1.807) is 0 Å². The van der Waals surface area contributed by atoms with Crippen molar-refractivity contribution in [2.24, 2.45) is 0 Å². The summed E-state index contributed by atoms with van der Waals surface area (Å²) in [6.45, 7) is 0. The molecule has 0 bridgehead atoms. The molecule has 0 aromatic heterocycles. The lowest BCUT2D eigenvalue weighted by Crippen LogP contribution is -2.35. The zero-order valence-electron chi connectivity index (χ0n) is 7.62. The third-order valence-corrected chi connectivity index (χ3v) is 2.12. The van der Waals surface area contributed by atoms with E-state index in [1.165, 1.54) is 0 Å².